The zero-order chi connectivity index (χ0) is 13.7. The van der Waals surface area contributed by atoms with E-state index in [1.165, 1.54) is 0 Å². The highest BCUT2D eigenvalue weighted by atomic mass is 16.5. The molecule has 0 aromatic rings. The van der Waals surface area contributed by atoms with Crippen molar-refractivity contribution >= 4 is 5.91 Å². The number of nitrogens with one attached hydrogen (secondary N) is 1. The van der Waals surface area contributed by atoms with Gasteiger partial charge in [0.25, 0.3) is 0 Å². The van der Waals surface area contributed by atoms with Gasteiger partial charge in [-0.05, 0) is 31.1 Å². The van der Waals surface area contributed by atoms with Crippen LogP contribution in [0.5, 0.6) is 0 Å². The zero-order valence-corrected chi connectivity index (χ0v) is 12.1. The Labute approximate surface area is 111 Å². The summed E-state index contributed by atoms with van der Waals surface area (Å²) in [7, 11) is 1.67. The molecule has 0 heterocycles. The second-order valence-corrected chi connectivity index (χ2v) is 5.97. The Morgan fingerprint density at radius 1 is 1.44 bits per heavy atom. The molecule has 4 atom stereocenters. The first-order valence-corrected chi connectivity index (χ1v) is 7.00. The van der Waals surface area contributed by atoms with Crippen molar-refractivity contribution in [3.8, 4) is 0 Å². The SMILES string of the molecule is COCC(NC(=O)C1CCC(N)CC1C)C(C)C. The number of nitrogens with two attached hydrogens (primary N) is 1. The minimum atomic E-state index is 0.102. The first kappa shape index (κ1) is 15.4. The molecule has 0 saturated heterocycles. The number of rotatable bonds is 5. The standard InChI is InChI=1S/C14H28N2O2/c1-9(2)13(8-18-4)16-14(17)12-6-5-11(15)7-10(12)3/h9-13H,5-8,15H2,1-4H3,(H,16,17). The minimum Gasteiger partial charge on any atom is -0.383 e. The van der Waals surface area contributed by atoms with Crippen molar-refractivity contribution in [3.63, 3.8) is 0 Å². The van der Waals surface area contributed by atoms with E-state index in [-0.39, 0.29) is 23.9 Å². The summed E-state index contributed by atoms with van der Waals surface area (Å²) in [5, 5.41) is 3.13. The van der Waals surface area contributed by atoms with Crippen molar-refractivity contribution in [2.75, 3.05) is 13.7 Å². The minimum absolute atomic E-state index is 0.102. The molecule has 106 valence electrons. The van der Waals surface area contributed by atoms with Crippen LogP contribution in [0.4, 0.5) is 0 Å². The lowest BCUT2D eigenvalue weighted by Gasteiger charge is -2.33. The Kier molecular flexibility index (Phi) is 6.09. The highest BCUT2D eigenvalue weighted by Gasteiger charge is 2.32. The van der Waals surface area contributed by atoms with Gasteiger partial charge in [0.2, 0.25) is 5.91 Å². The first-order valence-electron chi connectivity index (χ1n) is 7.00. The van der Waals surface area contributed by atoms with E-state index in [0.717, 1.165) is 19.3 Å². The fourth-order valence-corrected chi connectivity index (χ4v) is 2.70. The summed E-state index contributed by atoms with van der Waals surface area (Å²) in [6.07, 6.45) is 2.82. The number of hydrogen-bond acceptors (Lipinski definition) is 3. The summed E-state index contributed by atoms with van der Waals surface area (Å²) in [6.45, 7) is 6.91. The van der Waals surface area contributed by atoms with E-state index in [2.05, 4.69) is 26.1 Å². The van der Waals surface area contributed by atoms with Crippen LogP contribution in [0.25, 0.3) is 0 Å². The molecule has 1 fully saturated rings. The summed E-state index contributed by atoms with van der Waals surface area (Å²) < 4.78 is 5.16. The normalized spacial score (nSPS) is 30.2. The van der Waals surface area contributed by atoms with Crippen molar-refractivity contribution in [1.82, 2.24) is 5.32 Å². The first-order chi connectivity index (χ1) is 8.45. The Bertz CT molecular complexity index is 269. The van der Waals surface area contributed by atoms with Crippen LogP contribution in [0, 0.1) is 17.8 Å². The monoisotopic (exact) mass is 256 g/mol. The molecule has 0 spiro atoms. The molecule has 0 bridgehead atoms. The number of ether oxygens (including phenoxy) is 1. The molecule has 4 nitrogen and oxygen atoms in total. The van der Waals surface area contributed by atoms with Crippen LogP contribution in [0.2, 0.25) is 0 Å². The van der Waals surface area contributed by atoms with Crippen LogP contribution < -0.4 is 11.1 Å². The van der Waals surface area contributed by atoms with E-state index in [1.807, 2.05) is 0 Å². The third-order valence-electron chi connectivity index (χ3n) is 4.03. The largest absolute Gasteiger partial charge is 0.383 e. The predicted molar refractivity (Wildman–Crippen MR) is 73.1 cm³/mol. The van der Waals surface area contributed by atoms with Gasteiger partial charge in [-0.25, -0.2) is 0 Å². The molecule has 18 heavy (non-hydrogen) atoms. The van der Waals surface area contributed by atoms with Crippen LogP contribution in [0.15, 0.2) is 0 Å². The van der Waals surface area contributed by atoms with Gasteiger partial charge in [0.1, 0.15) is 0 Å². The highest BCUT2D eigenvalue weighted by Crippen LogP contribution is 2.29. The van der Waals surface area contributed by atoms with E-state index in [0.29, 0.717) is 18.4 Å². The number of hydrogen-bond donors (Lipinski definition) is 2. The Balaban J connectivity index is 2.53. The van der Waals surface area contributed by atoms with E-state index >= 15 is 0 Å². The third kappa shape index (κ3) is 4.25. The molecule has 0 radical (unpaired) electrons. The van der Waals surface area contributed by atoms with E-state index in [9.17, 15) is 4.79 Å². The maximum Gasteiger partial charge on any atom is 0.223 e. The van der Waals surface area contributed by atoms with E-state index in [1.54, 1.807) is 7.11 Å². The smallest absolute Gasteiger partial charge is 0.223 e. The molecule has 3 N–H and O–H groups in total. The van der Waals surface area contributed by atoms with Gasteiger partial charge in [-0.3, -0.25) is 4.79 Å². The molecule has 1 aliphatic rings. The summed E-state index contributed by atoms with van der Waals surface area (Å²) >= 11 is 0. The lowest BCUT2D eigenvalue weighted by molar-refractivity contribution is -0.129. The molecular weight excluding hydrogens is 228 g/mol. The van der Waals surface area contributed by atoms with Crippen molar-refractivity contribution in [3.05, 3.63) is 0 Å². The van der Waals surface area contributed by atoms with Crippen molar-refractivity contribution in [2.45, 2.75) is 52.1 Å². The molecule has 1 rings (SSSR count). The average molecular weight is 256 g/mol. The fraction of sp³-hybridized carbons (Fsp3) is 0.929. The van der Waals surface area contributed by atoms with Gasteiger partial charge >= 0.3 is 0 Å². The predicted octanol–water partition coefficient (Wildman–Crippen LogP) is 1.54. The zero-order valence-electron chi connectivity index (χ0n) is 12.1. The molecule has 1 aliphatic carbocycles. The van der Waals surface area contributed by atoms with Gasteiger partial charge in [-0.2, -0.15) is 0 Å². The molecule has 1 saturated carbocycles. The second-order valence-electron chi connectivity index (χ2n) is 5.97. The molecule has 0 aromatic heterocycles. The van der Waals surface area contributed by atoms with E-state index in [4.69, 9.17) is 10.5 Å². The van der Waals surface area contributed by atoms with Gasteiger partial charge in [-0.15, -0.1) is 0 Å². The van der Waals surface area contributed by atoms with Crippen molar-refractivity contribution < 1.29 is 9.53 Å². The van der Waals surface area contributed by atoms with Gasteiger partial charge in [0.15, 0.2) is 0 Å². The number of methoxy groups -OCH3 is 1. The van der Waals surface area contributed by atoms with Crippen LogP contribution in [0.1, 0.15) is 40.0 Å². The number of carbonyl (C=O) groups is 1. The maximum atomic E-state index is 12.3. The third-order valence-corrected chi connectivity index (χ3v) is 4.03. The molecule has 4 heteroatoms. The molecular formula is C14H28N2O2. The topological polar surface area (TPSA) is 64.3 Å². The van der Waals surface area contributed by atoms with Crippen LogP contribution >= 0.6 is 0 Å². The van der Waals surface area contributed by atoms with E-state index < -0.39 is 0 Å². The second kappa shape index (κ2) is 7.10. The summed E-state index contributed by atoms with van der Waals surface area (Å²) in [4.78, 5) is 12.3. The van der Waals surface area contributed by atoms with Crippen LogP contribution in [-0.2, 0) is 9.53 Å². The highest BCUT2D eigenvalue weighted by molar-refractivity contribution is 5.79. The lowest BCUT2D eigenvalue weighted by Crippen LogP contribution is -2.47. The van der Waals surface area contributed by atoms with Crippen molar-refractivity contribution in [1.29, 1.82) is 0 Å². The quantitative estimate of drug-likeness (QED) is 0.784. The number of amides is 1. The van der Waals surface area contributed by atoms with Crippen LogP contribution in [0.3, 0.4) is 0 Å². The Morgan fingerprint density at radius 3 is 2.61 bits per heavy atom. The fourth-order valence-electron chi connectivity index (χ4n) is 2.70. The molecule has 1 amide bonds. The maximum absolute atomic E-state index is 12.3. The molecule has 0 aliphatic heterocycles. The van der Waals surface area contributed by atoms with Gasteiger partial charge < -0.3 is 15.8 Å². The average Bonchev–Trinajstić information content (AvgIpc) is 2.27. The molecule has 0 aromatic carbocycles. The van der Waals surface area contributed by atoms with Gasteiger partial charge in [0.05, 0.1) is 12.6 Å². The van der Waals surface area contributed by atoms with Gasteiger partial charge in [0, 0.05) is 19.1 Å². The Hall–Kier alpha value is -0.610. The van der Waals surface area contributed by atoms with Crippen molar-refractivity contribution in [2.24, 2.45) is 23.5 Å². The summed E-state index contributed by atoms with van der Waals surface area (Å²) in [5.74, 6) is 1.05. The van der Waals surface area contributed by atoms with Gasteiger partial charge in [-0.1, -0.05) is 20.8 Å². The Morgan fingerprint density at radius 2 is 2.11 bits per heavy atom. The lowest BCUT2D eigenvalue weighted by atomic mass is 9.77. The molecule has 4 unspecified atom stereocenters. The summed E-state index contributed by atoms with van der Waals surface area (Å²) in [6, 6.07) is 0.370. The van der Waals surface area contributed by atoms with Crippen LogP contribution in [-0.4, -0.2) is 31.7 Å². The summed E-state index contributed by atoms with van der Waals surface area (Å²) in [5.41, 5.74) is 5.93. The number of carbonyl (C=O) groups excluding carboxylic acids is 1.